The lowest BCUT2D eigenvalue weighted by Gasteiger charge is -2.18. The van der Waals surface area contributed by atoms with Gasteiger partial charge in [-0.3, -0.25) is 9.69 Å². The van der Waals surface area contributed by atoms with E-state index in [4.69, 9.17) is 5.11 Å². The van der Waals surface area contributed by atoms with Crippen molar-refractivity contribution in [1.29, 1.82) is 0 Å². The lowest BCUT2D eigenvalue weighted by Crippen LogP contribution is -2.24. The largest absolute Gasteiger partial charge is 0.481 e. The summed E-state index contributed by atoms with van der Waals surface area (Å²) in [6.45, 7) is 2.20. The zero-order valence-electron chi connectivity index (χ0n) is 10.1. The summed E-state index contributed by atoms with van der Waals surface area (Å²) in [6, 6.07) is 0. The third-order valence-corrected chi connectivity index (χ3v) is 3.05. The first-order valence-corrected chi connectivity index (χ1v) is 5.98. The first-order valence-electron chi connectivity index (χ1n) is 5.98. The zero-order chi connectivity index (χ0) is 12.3. The van der Waals surface area contributed by atoms with Crippen molar-refractivity contribution in [1.82, 2.24) is 19.7 Å². The monoisotopic (exact) mass is 238 g/mol. The van der Waals surface area contributed by atoms with E-state index >= 15 is 0 Å². The fourth-order valence-corrected chi connectivity index (χ4v) is 2.09. The van der Waals surface area contributed by atoms with Crippen molar-refractivity contribution in [2.24, 2.45) is 0 Å². The van der Waals surface area contributed by atoms with Crippen molar-refractivity contribution in [3.63, 3.8) is 0 Å². The summed E-state index contributed by atoms with van der Waals surface area (Å²) < 4.78 is 2.17. The number of hydrogen-bond donors (Lipinski definition) is 1. The van der Waals surface area contributed by atoms with Gasteiger partial charge in [-0.1, -0.05) is 0 Å². The summed E-state index contributed by atoms with van der Waals surface area (Å²) in [4.78, 5) is 12.5. The second kappa shape index (κ2) is 5.27. The van der Waals surface area contributed by atoms with E-state index in [1.807, 2.05) is 11.9 Å². The molecule has 0 aliphatic carbocycles. The van der Waals surface area contributed by atoms with Crippen LogP contribution >= 0.6 is 0 Å². The molecule has 0 unspecified atom stereocenters. The maximum Gasteiger partial charge on any atom is 0.304 e. The fourth-order valence-electron chi connectivity index (χ4n) is 2.09. The van der Waals surface area contributed by atoms with Gasteiger partial charge in [0.15, 0.2) is 0 Å². The molecule has 17 heavy (non-hydrogen) atoms. The summed E-state index contributed by atoms with van der Waals surface area (Å²) in [5.74, 6) is 1.26. The highest BCUT2D eigenvalue weighted by molar-refractivity contribution is 5.66. The number of carboxylic acids is 1. The number of carboxylic acid groups (broad SMARTS) is 1. The van der Waals surface area contributed by atoms with Crippen molar-refractivity contribution < 1.29 is 9.90 Å². The topological polar surface area (TPSA) is 71.2 Å². The molecule has 1 aromatic heterocycles. The fraction of sp³-hybridized carbons (Fsp3) is 0.727. The van der Waals surface area contributed by atoms with E-state index in [0.29, 0.717) is 13.1 Å². The molecule has 0 aromatic carbocycles. The van der Waals surface area contributed by atoms with Gasteiger partial charge in [0, 0.05) is 19.5 Å². The highest BCUT2D eigenvalue weighted by atomic mass is 16.4. The minimum atomic E-state index is -0.764. The Morgan fingerprint density at radius 2 is 2.29 bits per heavy atom. The standard InChI is InChI=1S/C11H18N4O2/c1-14(7-5-11(16)17)8-10-13-12-9-4-2-3-6-15(9)10/h2-8H2,1H3,(H,16,17). The molecule has 0 amide bonds. The van der Waals surface area contributed by atoms with Crippen LogP contribution < -0.4 is 0 Å². The molecule has 0 spiro atoms. The lowest BCUT2D eigenvalue weighted by atomic mass is 10.2. The molecule has 0 fully saturated rings. The van der Waals surface area contributed by atoms with Crippen LogP contribution in [0.25, 0.3) is 0 Å². The van der Waals surface area contributed by atoms with Gasteiger partial charge in [-0.25, -0.2) is 0 Å². The Hall–Kier alpha value is -1.43. The van der Waals surface area contributed by atoms with E-state index in [1.54, 1.807) is 0 Å². The van der Waals surface area contributed by atoms with Gasteiger partial charge in [-0.05, 0) is 19.9 Å². The van der Waals surface area contributed by atoms with Crippen molar-refractivity contribution in [2.75, 3.05) is 13.6 Å². The number of aryl methyl sites for hydroxylation is 1. The van der Waals surface area contributed by atoms with Crippen molar-refractivity contribution in [3.8, 4) is 0 Å². The van der Waals surface area contributed by atoms with Crippen molar-refractivity contribution >= 4 is 5.97 Å². The average molecular weight is 238 g/mol. The maximum atomic E-state index is 10.5. The van der Waals surface area contributed by atoms with Gasteiger partial charge < -0.3 is 9.67 Å². The van der Waals surface area contributed by atoms with Crippen molar-refractivity contribution in [2.45, 2.75) is 38.8 Å². The number of aromatic nitrogens is 3. The van der Waals surface area contributed by atoms with E-state index in [2.05, 4.69) is 14.8 Å². The molecule has 6 heteroatoms. The first-order chi connectivity index (χ1) is 8.16. The molecule has 1 aliphatic rings. The van der Waals surface area contributed by atoms with E-state index in [1.165, 1.54) is 12.8 Å². The van der Waals surface area contributed by atoms with E-state index in [9.17, 15) is 4.79 Å². The van der Waals surface area contributed by atoms with E-state index < -0.39 is 5.97 Å². The number of nitrogens with zero attached hydrogens (tertiary/aromatic N) is 4. The average Bonchev–Trinajstić information content (AvgIpc) is 2.70. The van der Waals surface area contributed by atoms with Gasteiger partial charge in [0.25, 0.3) is 0 Å². The lowest BCUT2D eigenvalue weighted by molar-refractivity contribution is -0.137. The molecule has 0 atom stereocenters. The molecule has 2 heterocycles. The normalized spacial score (nSPS) is 14.9. The van der Waals surface area contributed by atoms with Gasteiger partial charge in [0.1, 0.15) is 11.6 Å². The molecular weight excluding hydrogens is 220 g/mol. The minimum Gasteiger partial charge on any atom is -0.481 e. The number of fused-ring (bicyclic) bond motifs is 1. The predicted molar refractivity (Wildman–Crippen MR) is 61.5 cm³/mol. The van der Waals surface area contributed by atoms with E-state index in [-0.39, 0.29) is 6.42 Å². The Morgan fingerprint density at radius 1 is 1.47 bits per heavy atom. The Kier molecular flexibility index (Phi) is 3.73. The molecule has 0 saturated carbocycles. The predicted octanol–water partition coefficient (Wildman–Crippen LogP) is 0.521. The summed E-state index contributed by atoms with van der Waals surface area (Å²) >= 11 is 0. The Bertz CT molecular complexity index is 402. The summed E-state index contributed by atoms with van der Waals surface area (Å²) in [5, 5.41) is 17.0. The van der Waals surface area contributed by atoms with Crippen LogP contribution in [0.2, 0.25) is 0 Å². The second-order valence-electron chi connectivity index (χ2n) is 4.52. The molecule has 0 radical (unpaired) electrons. The van der Waals surface area contributed by atoms with Crippen molar-refractivity contribution in [3.05, 3.63) is 11.6 Å². The highest BCUT2D eigenvalue weighted by Crippen LogP contribution is 2.15. The Morgan fingerprint density at radius 3 is 3.06 bits per heavy atom. The van der Waals surface area contributed by atoms with Gasteiger partial charge in [0.05, 0.1) is 13.0 Å². The third-order valence-electron chi connectivity index (χ3n) is 3.05. The van der Waals surface area contributed by atoms with Crippen LogP contribution in [-0.4, -0.2) is 44.3 Å². The van der Waals surface area contributed by atoms with Gasteiger partial charge in [-0.15, -0.1) is 10.2 Å². The molecule has 1 aliphatic heterocycles. The molecule has 94 valence electrons. The molecule has 0 saturated heterocycles. The third kappa shape index (κ3) is 3.03. The number of aliphatic carboxylic acids is 1. The highest BCUT2D eigenvalue weighted by Gasteiger charge is 2.16. The first kappa shape index (κ1) is 12.0. The van der Waals surface area contributed by atoms with Gasteiger partial charge in [-0.2, -0.15) is 0 Å². The van der Waals surface area contributed by atoms with Crippen LogP contribution in [-0.2, 0) is 24.3 Å². The number of rotatable bonds is 5. The smallest absolute Gasteiger partial charge is 0.304 e. The molecule has 2 rings (SSSR count). The molecule has 0 bridgehead atoms. The Labute approximate surface area is 100 Å². The molecule has 6 nitrogen and oxygen atoms in total. The summed E-state index contributed by atoms with van der Waals surface area (Å²) in [6.07, 6.45) is 3.53. The van der Waals surface area contributed by atoms with Crippen LogP contribution in [0.5, 0.6) is 0 Å². The molecule has 1 N–H and O–H groups in total. The van der Waals surface area contributed by atoms with Crippen LogP contribution in [0.1, 0.15) is 30.9 Å². The second-order valence-corrected chi connectivity index (χ2v) is 4.52. The van der Waals surface area contributed by atoms with Crippen LogP contribution in [0.15, 0.2) is 0 Å². The SMILES string of the molecule is CN(CCC(=O)O)Cc1nnc2n1CCCC2. The quantitative estimate of drug-likeness (QED) is 0.809. The molecule has 1 aromatic rings. The van der Waals surface area contributed by atoms with Crippen LogP contribution in [0, 0.1) is 0 Å². The minimum absolute atomic E-state index is 0.164. The van der Waals surface area contributed by atoms with Gasteiger partial charge >= 0.3 is 5.97 Å². The van der Waals surface area contributed by atoms with E-state index in [0.717, 1.165) is 24.6 Å². The maximum absolute atomic E-state index is 10.5. The summed E-state index contributed by atoms with van der Waals surface area (Å²) in [5.41, 5.74) is 0. The number of hydrogen-bond acceptors (Lipinski definition) is 4. The molecular formula is C11H18N4O2. The zero-order valence-corrected chi connectivity index (χ0v) is 10.1. The van der Waals surface area contributed by atoms with Crippen LogP contribution in [0.3, 0.4) is 0 Å². The number of carbonyl (C=O) groups is 1. The summed E-state index contributed by atoms with van der Waals surface area (Å²) in [7, 11) is 1.91. The Balaban J connectivity index is 1.94. The van der Waals surface area contributed by atoms with Crippen LogP contribution in [0.4, 0.5) is 0 Å². The van der Waals surface area contributed by atoms with Gasteiger partial charge in [0.2, 0.25) is 0 Å².